The number of rotatable bonds is 3. The second-order valence-corrected chi connectivity index (χ2v) is 4.52. The lowest BCUT2D eigenvalue weighted by Gasteiger charge is -2.07. The number of nitrogens with one attached hydrogen (secondary N) is 1. The number of fused-ring (bicyclic) bond motifs is 1. The summed E-state index contributed by atoms with van der Waals surface area (Å²) in [5.74, 6) is -1.09. The van der Waals surface area contributed by atoms with Crippen LogP contribution in [0.1, 0.15) is 16.1 Å². The Kier molecular flexibility index (Phi) is 3.55. The molecule has 1 aromatic carbocycles. The predicted octanol–water partition coefficient (Wildman–Crippen LogP) is 2.70. The van der Waals surface area contributed by atoms with Crippen LogP contribution in [-0.4, -0.2) is 15.9 Å². The first-order valence-electron chi connectivity index (χ1n) is 6.47. The molecule has 0 aliphatic heterocycles. The molecule has 0 bridgehead atoms. The van der Waals surface area contributed by atoms with Crippen LogP contribution in [0.15, 0.2) is 54.7 Å². The highest BCUT2D eigenvalue weighted by molar-refractivity contribution is 5.92. The van der Waals surface area contributed by atoms with Gasteiger partial charge in [0, 0.05) is 18.1 Å². The molecule has 2 heterocycles. The largest absolute Gasteiger partial charge is 0.347 e. The molecule has 3 rings (SSSR count). The average molecular weight is 281 g/mol. The topological polar surface area (TPSA) is 54.9 Å². The van der Waals surface area contributed by atoms with E-state index in [9.17, 15) is 9.18 Å². The number of aromatic nitrogens is 2. The molecular weight excluding hydrogens is 269 g/mol. The summed E-state index contributed by atoms with van der Waals surface area (Å²) in [4.78, 5) is 19.8. The van der Waals surface area contributed by atoms with Crippen LogP contribution in [0, 0.1) is 5.95 Å². The molecule has 0 spiro atoms. The van der Waals surface area contributed by atoms with Gasteiger partial charge in [0.05, 0.1) is 5.52 Å². The molecule has 5 heteroatoms. The number of nitrogens with zero attached hydrogens (tertiary/aromatic N) is 2. The Labute approximate surface area is 120 Å². The normalized spacial score (nSPS) is 10.5. The molecule has 0 aliphatic carbocycles. The van der Waals surface area contributed by atoms with Crippen molar-refractivity contribution < 1.29 is 9.18 Å². The van der Waals surface area contributed by atoms with Gasteiger partial charge in [0.1, 0.15) is 5.69 Å². The van der Waals surface area contributed by atoms with E-state index in [1.54, 1.807) is 6.20 Å². The van der Waals surface area contributed by atoms with Crippen LogP contribution < -0.4 is 5.32 Å². The minimum atomic E-state index is -0.672. The zero-order valence-corrected chi connectivity index (χ0v) is 11.1. The van der Waals surface area contributed by atoms with E-state index < -0.39 is 11.9 Å². The fraction of sp³-hybridized carbons (Fsp3) is 0.0625. The van der Waals surface area contributed by atoms with Crippen molar-refractivity contribution in [2.75, 3.05) is 0 Å². The molecule has 0 radical (unpaired) electrons. The van der Waals surface area contributed by atoms with Crippen LogP contribution in [0.3, 0.4) is 0 Å². The fourth-order valence-electron chi connectivity index (χ4n) is 2.11. The van der Waals surface area contributed by atoms with Gasteiger partial charge in [-0.25, -0.2) is 4.98 Å². The molecule has 1 N–H and O–H groups in total. The third-order valence-electron chi connectivity index (χ3n) is 3.10. The minimum absolute atomic E-state index is 0.0585. The highest BCUT2D eigenvalue weighted by Gasteiger charge is 2.09. The van der Waals surface area contributed by atoms with Crippen LogP contribution in [0.2, 0.25) is 0 Å². The van der Waals surface area contributed by atoms with Crippen LogP contribution >= 0.6 is 0 Å². The molecule has 2 aromatic heterocycles. The fourth-order valence-corrected chi connectivity index (χ4v) is 2.11. The van der Waals surface area contributed by atoms with Gasteiger partial charge in [-0.15, -0.1) is 0 Å². The van der Waals surface area contributed by atoms with Crippen LogP contribution in [0.5, 0.6) is 0 Å². The number of carbonyl (C=O) groups excluding carboxylic acids is 1. The number of halogens is 1. The van der Waals surface area contributed by atoms with E-state index in [1.165, 1.54) is 18.2 Å². The molecule has 0 atom stereocenters. The van der Waals surface area contributed by atoms with Gasteiger partial charge in [-0.2, -0.15) is 4.39 Å². The van der Waals surface area contributed by atoms with Gasteiger partial charge in [-0.05, 0) is 23.8 Å². The second-order valence-electron chi connectivity index (χ2n) is 4.52. The third-order valence-corrected chi connectivity index (χ3v) is 3.10. The number of benzene rings is 1. The van der Waals surface area contributed by atoms with E-state index in [0.29, 0.717) is 6.54 Å². The molecular formula is C16H12FN3O. The van der Waals surface area contributed by atoms with Crippen molar-refractivity contribution in [3.8, 4) is 0 Å². The summed E-state index contributed by atoms with van der Waals surface area (Å²) >= 11 is 0. The highest BCUT2D eigenvalue weighted by Crippen LogP contribution is 2.15. The predicted molar refractivity (Wildman–Crippen MR) is 77.1 cm³/mol. The van der Waals surface area contributed by atoms with E-state index in [4.69, 9.17) is 0 Å². The van der Waals surface area contributed by atoms with Crippen molar-refractivity contribution in [1.82, 2.24) is 15.3 Å². The van der Waals surface area contributed by atoms with Crippen molar-refractivity contribution >= 4 is 16.8 Å². The van der Waals surface area contributed by atoms with Gasteiger partial charge >= 0.3 is 0 Å². The van der Waals surface area contributed by atoms with E-state index in [-0.39, 0.29) is 5.69 Å². The van der Waals surface area contributed by atoms with Gasteiger partial charge in [0.25, 0.3) is 5.91 Å². The molecule has 0 saturated carbocycles. The number of carbonyl (C=O) groups is 1. The van der Waals surface area contributed by atoms with Crippen molar-refractivity contribution in [2.24, 2.45) is 0 Å². The Morgan fingerprint density at radius 1 is 1.10 bits per heavy atom. The standard InChI is InChI=1S/C16H12FN3O/c17-14-8-2-7-13(20-14)16(21)19-10-12-5-1-4-11-6-3-9-18-15(11)12/h1-9H,10H2,(H,19,21). The summed E-state index contributed by atoms with van der Waals surface area (Å²) in [6.45, 7) is 0.311. The maximum Gasteiger partial charge on any atom is 0.270 e. The van der Waals surface area contributed by atoms with Gasteiger partial charge in [0.15, 0.2) is 0 Å². The number of amides is 1. The van der Waals surface area contributed by atoms with Crippen LogP contribution in [0.25, 0.3) is 10.9 Å². The Hall–Kier alpha value is -2.82. The smallest absolute Gasteiger partial charge is 0.270 e. The lowest BCUT2D eigenvalue weighted by Crippen LogP contribution is -2.24. The average Bonchev–Trinajstić information content (AvgIpc) is 2.52. The SMILES string of the molecule is O=C(NCc1cccc2cccnc12)c1cccc(F)n1. The molecule has 21 heavy (non-hydrogen) atoms. The van der Waals surface area contributed by atoms with Gasteiger partial charge in [0.2, 0.25) is 5.95 Å². The zero-order valence-electron chi connectivity index (χ0n) is 11.1. The van der Waals surface area contributed by atoms with Gasteiger partial charge in [-0.3, -0.25) is 9.78 Å². The monoisotopic (exact) mass is 281 g/mol. The lowest BCUT2D eigenvalue weighted by atomic mass is 10.1. The Morgan fingerprint density at radius 3 is 2.76 bits per heavy atom. The lowest BCUT2D eigenvalue weighted by molar-refractivity contribution is 0.0945. The van der Waals surface area contributed by atoms with E-state index in [2.05, 4.69) is 15.3 Å². The summed E-state index contributed by atoms with van der Waals surface area (Å²) in [6, 6.07) is 13.7. The molecule has 0 saturated heterocycles. The minimum Gasteiger partial charge on any atom is -0.347 e. The van der Waals surface area contributed by atoms with Crippen molar-refractivity contribution in [3.05, 3.63) is 71.9 Å². The van der Waals surface area contributed by atoms with Crippen LogP contribution in [-0.2, 0) is 6.54 Å². The van der Waals surface area contributed by atoms with E-state index in [0.717, 1.165) is 16.5 Å². The van der Waals surface area contributed by atoms with Crippen molar-refractivity contribution in [2.45, 2.75) is 6.54 Å². The molecule has 104 valence electrons. The quantitative estimate of drug-likeness (QED) is 0.751. The van der Waals surface area contributed by atoms with E-state index >= 15 is 0 Å². The molecule has 0 aliphatic rings. The Morgan fingerprint density at radius 2 is 1.90 bits per heavy atom. The summed E-state index contributed by atoms with van der Waals surface area (Å²) in [5, 5.41) is 3.73. The summed E-state index contributed by atoms with van der Waals surface area (Å²) in [6.07, 6.45) is 1.71. The molecule has 0 unspecified atom stereocenters. The highest BCUT2D eigenvalue weighted by atomic mass is 19.1. The Bertz CT molecular complexity index is 799. The first-order valence-corrected chi connectivity index (χ1v) is 6.47. The summed E-state index contributed by atoms with van der Waals surface area (Å²) in [7, 11) is 0. The molecule has 3 aromatic rings. The number of hydrogen-bond donors (Lipinski definition) is 1. The molecule has 1 amide bonds. The molecule has 0 fully saturated rings. The van der Waals surface area contributed by atoms with Gasteiger partial charge < -0.3 is 5.32 Å². The van der Waals surface area contributed by atoms with Gasteiger partial charge in [-0.1, -0.05) is 30.3 Å². The van der Waals surface area contributed by atoms with Crippen molar-refractivity contribution in [1.29, 1.82) is 0 Å². The maximum atomic E-state index is 13.0. The number of hydrogen-bond acceptors (Lipinski definition) is 3. The number of pyridine rings is 2. The Balaban J connectivity index is 1.79. The van der Waals surface area contributed by atoms with E-state index in [1.807, 2.05) is 30.3 Å². The number of para-hydroxylation sites is 1. The third kappa shape index (κ3) is 2.86. The van der Waals surface area contributed by atoms with Crippen LogP contribution in [0.4, 0.5) is 4.39 Å². The second kappa shape index (κ2) is 5.66. The zero-order chi connectivity index (χ0) is 14.7. The maximum absolute atomic E-state index is 13.0. The summed E-state index contributed by atoms with van der Waals surface area (Å²) in [5.41, 5.74) is 1.80. The molecule has 4 nitrogen and oxygen atoms in total. The van der Waals surface area contributed by atoms with Crippen molar-refractivity contribution in [3.63, 3.8) is 0 Å². The summed E-state index contributed by atoms with van der Waals surface area (Å²) < 4.78 is 13.0. The first kappa shape index (κ1) is 13.2. The first-order chi connectivity index (χ1) is 10.2.